The lowest BCUT2D eigenvalue weighted by Crippen LogP contribution is -2.28. The molecule has 1 unspecified atom stereocenters. The van der Waals surface area contributed by atoms with E-state index in [2.05, 4.69) is 6.92 Å². The molecular weight excluding hydrogens is 316 g/mol. The van der Waals surface area contributed by atoms with Gasteiger partial charge in [-0.2, -0.15) is 0 Å². The lowest BCUT2D eigenvalue weighted by atomic mass is 10.0. The Morgan fingerprint density at radius 3 is 2.32 bits per heavy atom. The molecule has 0 aromatic heterocycles. The molecule has 0 bridgehead atoms. The Morgan fingerprint density at radius 2 is 1.60 bits per heavy atom. The monoisotopic (exact) mass is 344 g/mol. The van der Waals surface area contributed by atoms with Gasteiger partial charge in [-0.1, -0.05) is 58.1 Å². The van der Waals surface area contributed by atoms with Crippen LogP contribution < -0.4 is 0 Å². The van der Waals surface area contributed by atoms with Gasteiger partial charge in [0.15, 0.2) is 0 Å². The summed E-state index contributed by atoms with van der Waals surface area (Å²) in [6.45, 7) is 4.05. The summed E-state index contributed by atoms with van der Waals surface area (Å²) in [6.07, 6.45) is 7.78. The van der Waals surface area contributed by atoms with Crippen molar-refractivity contribution in [1.82, 2.24) is 0 Å². The zero-order valence-corrected chi connectivity index (χ0v) is 15.3. The van der Waals surface area contributed by atoms with E-state index in [1.54, 1.807) is 12.1 Å². The van der Waals surface area contributed by atoms with Crippen molar-refractivity contribution in [2.75, 3.05) is 0 Å². The summed E-state index contributed by atoms with van der Waals surface area (Å²) in [7, 11) is 0. The molecule has 0 aliphatic heterocycles. The molecule has 1 aliphatic rings. The first-order valence-electron chi connectivity index (χ1n) is 9.49. The molecule has 0 radical (unpaired) electrons. The predicted molar refractivity (Wildman–Crippen MR) is 97.0 cm³/mol. The van der Waals surface area contributed by atoms with Crippen molar-refractivity contribution in [2.45, 2.75) is 77.7 Å². The first-order chi connectivity index (χ1) is 12.1. The standard InChI is InChI=1S/C21H28O4/c1-3-5-6-7-8-9-11-15-12-13-16-17(14-15)20(24)21(19(16)23)25-18(22)10-4-2/h12-14,21H,3-11H2,1-2H3. The SMILES string of the molecule is CCCCCCCCc1ccc2c(c1)C(=O)C(OC(=O)CCC)C2=O. The second kappa shape index (κ2) is 9.50. The van der Waals surface area contributed by atoms with E-state index >= 15 is 0 Å². The molecule has 0 amide bonds. The molecule has 4 nitrogen and oxygen atoms in total. The van der Waals surface area contributed by atoms with Crippen LogP contribution in [0.5, 0.6) is 0 Å². The number of fused-ring (bicyclic) bond motifs is 1. The van der Waals surface area contributed by atoms with Gasteiger partial charge in [0.25, 0.3) is 0 Å². The fraction of sp³-hybridized carbons (Fsp3) is 0.571. The lowest BCUT2D eigenvalue weighted by Gasteiger charge is -2.08. The summed E-state index contributed by atoms with van der Waals surface area (Å²) < 4.78 is 5.10. The number of unbranched alkanes of at least 4 members (excludes halogenated alkanes) is 5. The smallest absolute Gasteiger partial charge is 0.306 e. The van der Waals surface area contributed by atoms with Crippen molar-refractivity contribution < 1.29 is 19.1 Å². The highest BCUT2D eigenvalue weighted by molar-refractivity contribution is 6.29. The third kappa shape index (κ3) is 5.00. The third-order valence-electron chi connectivity index (χ3n) is 4.61. The number of carbonyl (C=O) groups is 3. The van der Waals surface area contributed by atoms with Gasteiger partial charge in [0, 0.05) is 17.5 Å². The van der Waals surface area contributed by atoms with Crippen LogP contribution >= 0.6 is 0 Å². The first kappa shape index (κ1) is 19.4. The van der Waals surface area contributed by atoms with Crippen molar-refractivity contribution in [3.05, 3.63) is 34.9 Å². The van der Waals surface area contributed by atoms with Gasteiger partial charge in [0.2, 0.25) is 17.7 Å². The normalized spacial score (nSPS) is 16.2. The molecule has 1 aromatic carbocycles. The zero-order chi connectivity index (χ0) is 18.2. The highest BCUT2D eigenvalue weighted by atomic mass is 16.5. The molecule has 0 saturated carbocycles. The summed E-state index contributed by atoms with van der Waals surface area (Å²) >= 11 is 0. The van der Waals surface area contributed by atoms with Crippen molar-refractivity contribution in [3.8, 4) is 0 Å². The summed E-state index contributed by atoms with van der Waals surface area (Å²) in [6, 6.07) is 5.41. The van der Waals surface area contributed by atoms with Crippen molar-refractivity contribution >= 4 is 17.5 Å². The van der Waals surface area contributed by atoms with E-state index in [1.165, 1.54) is 32.1 Å². The molecule has 1 atom stereocenters. The Bertz CT molecular complexity index is 633. The van der Waals surface area contributed by atoms with Gasteiger partial charge < -0.3 is 4.74 Å². The largest absolute Gasteiger partial charge is 0.445 e. The molecule has 0 saturated heterocycles. The van der Waals surface area contributed by atoms with E-state index < -0.39 is 17.9 Å². The number of carbonyl (C=O) groups excluding carboxylic acids is 3. The first-order valence-corrected chi connectivity index (χ1v) is 9.49. The maximum absolute atomic E-state index is 12.4. The van der Waals surface area contributed by atoms with Crippen LogP contribution in [0.3, 0.4) is 0 Å². The minimum absolute atomic E-state index is 0.219. The molecule has 0 fully saturated rings. The maximum Gasteiger partial charge on any atom is 0.306 e. The molecule has 0 spiro atoms. The highest BCUT2D eigenvalue weighted by Crippen LogP contribution is 2.26. The highest BCUT2D eigenvalue weighted by Gasteiger charge is 2.41. The van der Waals surface area contributed by atoms with Gasteiger partial charge >= 0.3 is 5.97 Å². The molecule has 0 N–H and O–H groups in total. The van der Waals surface area contributed by atoms with Crippen LogP contribution in [-0.2, 0) is 16.0 Å². The number of hydrogen-bond acceptors (Lipinski definition) is 4. The zero-order valence-electron chi connectivity index (χ0n) is 15.3. The number of benzene rings is 1. The van der Waals surface area contributed by atoms with Crippen LogP contribution in [-0.4, -0.2) is 23.6 Å². The average Bonchev–Trinajstić information content (AvgIpc) is 2.83. The Hall–Kier alpha value is -1.97. The van der Waals surface area contributed by atoms with E-state index in [1.807, 2.05) is 13.0 Å². The fourth-order valence-electron chi connectivity index (χ4n) is 3.18. The van der Waals surface area contributed by atoms with Crippen LogP contribution in [0.4, 0.5) is 0 Å². The molecule has 2 rings (SSSR count). The van der Waals surface area contributed by atoms with Gasteiger partial charge in [0.1, 0.15) is 0 Å². The van der Waals surface area contributed by atoms with E-state index in [0.717, 1.165) is 18.4 Å². The topological polar surface area (TPSA) is 60.4 Å². The quantitative estimate of drug-likeness (QED) is 0.351. The Labute approximate surface area is 149 Å². The van der Waals surface area contributed by atoms with Gasteiger partial charge in [-0.15, -0.1) is 0 Å². The number of ether oxygens (including phenoxy) is 1. The number of Topliss-reactive ketones (excluding diaryl/α,β-unsaturated/α-hetero) is 2. The fourth-order valence-corrected chi connectivity index (χ4v) is 3.18. The summed E-state index contributed by atoms with van der Waals surface area (Å²) in [4.78, 5) is 36.4. The predicted octanol–water partition coefficient (Wildman–Crippen LogP) is 4.68. The second-order valence-electron chi connectivity index (χ2n) is 6.75. The molecule has 136 valence electrons. The third-order valence-corrected chi connectivity index (χ3v) is 4.61. The summed E-state index contributed by atoms with van der Waals surface area (Å²) in [5.41, 5.74) is 1.85. The average molecular weight is 344 g/mol. The van der Waals surface area contributed by atoms with Gasteiger partial charge in [-0.3, -0.25) is 14.4 Å². The number of hydrogen-bond donors (Lipinski definition) is 0. The number of ketones is 2. The molecular formula is C21H28O4. The van der Waals surface area contributed by atoms with Crippen LogP contribution in [0.15, 0.2) is 18.2 Å². The number of aryl methyl sites for hydroxylation is 1. The van der Waals surface area contributed by atoms with Crippen molar-refractivity contribution in [2.24, 2.45) is 0 Å². The second-order valence-corrected chi connectivity index (χ2v) is 6.75. The van der Waals surface area contributed by atoms with Crippen molar-refractivity contribution in [1.29, 1.82) is 0 Å². The molecule has 25 heavy (non-hydrogen) atoms. The molecule has 0 heterocycles. The number of esters is 1. The van der Waals surface area contributed by atoms with Crippen LogP contribution in [0.25, 0.3) is 0 Å². The molecule has 1 aromatic rings. The van der Waals surface area contributed by atoms with Crippen LogP contribution in [0.2, 0.25) is 0 Å². The van der Waals surface area contributed by atoms with Crippen molar-refractivity contribution in [3.63, 3.8) is 0 Å². The Morgan fingerprint density at radius 1 is 0.920 bits per heavy atom. The van der Waals surface area contributed by atoms with E-state index in [-0.39, 0.29) is 12.2 Å². The Kier molecular flexibility index (Phi) is 7.35. The van der Waals surface area contributed by atoms with Gasteiger partial charge in [-0.05, 0) is 30.9 Å². The minimum atomic E-state index is -1.28. The minimum Gasteiger partial charge on any atom is -0.445 e. The van der Waals surface area contributed by atoms with E-state index in [4.69, 9.17) is 4.74 Å². The molecule has 1 aliphatic carbocycles. The van der Waals surface area contributed by atoms with Crippen LogP contribution in [0, 0.1) is 0 Å². The number of rotatable bonds is 10. The summed E-state index contributed by atoms with van der Waals surface area (Å²) in [5.74, 6) is -1.26. The van der Waals surface area contributed by atoms with E-state index in [9.17, 15) is 14.4 Å². The maximum atomic E-state index is 12.4. The van der Waals surface area contributed by atoms with Gasteiger partial charge in [0.05, 0.1) is 0 Å². The molecule has 4 heteroatoms. The van der Waals surface area contributed by atoms with E-state index in [0.29, 0.717) is 17.5 Å². The van der Waals surface area contributed by atoms with Crippen LogP contribution in [0.1, 0.15) is 91.5 Å². The van der Waals surface area contributed by atoms with Gasteiger partial charge in [-0.25, -0.2) is 0 Å². The lowest BCUT2D eigenvalue weighted by molar-refractivity contribution is -0.145. The Balaban J connectivity index is 1.95. The summed E-state index contributed by atoms with van der Waals surface area (Å²) in [5, 5.41) is 0.